The highest BCUT2D eigenvalue weighted by Crippen LogP contribution is 2.26. The van der Waals surface area contributed by atoms with Crippen LogP contribution in [0.5, 0.6) is 5.75 Å². The third-order valence-electron chi connectivity index (χ3n) is 6.30. The number of aromatic hydroxyl groups is 1. The first-order valence-electron chi connectivity index (χ1n) is 13.0. The molecule has 0 radical (unpaired) electrons. The second-order valence-corrected chi connectivity index (χ2v) is 9.47. The van der Waals surface area contributed by atoms with Gasteiger partial charge in [-0.15, -0.1) is 0 Å². The van der Waals surface area contributed by atoms with E-state index in [0.717, 1.165) is 17.8 Å². The van der Waals surface area contributed by atoms with Crippen molar-refractivity contribution in [3.63, 3.8) is 0 Å². The number of carboxylic acids is 3. The first-order chi connectivity index (χ1) is 20.7. The van der Waals surface area contributed by atoms with Gasteiger partial charge in [-0.1, -0.05) is 6.07 Å². The van der Waals surface area contributed by atoms with Gasteiger partial charge in [-0.3, -0.25) is 24.5 Å². The first kappa shape index (κ1) is 34.5. The molecular formula is C27H31N5O12. The molecule has 2 rings (SSSR count). The van der Waals surface area contributed by atoms with E-state index in [2.05, 4.69) is 21.3 Å². The zero-order chi connectivity index (χ0) is 33.0. The summed E-state index contributed by atoms with van der Waals surface area (Å²) in [6.45, 7) is 0. The van der Waals surface area contributed by atoms with Crippen LogP contribution in [0.3, 0.4) is 0 Å². The Morgan fingerprint density at radius 3 is 1.75 bits per heavy atom. The van der Waals surface area contributed by atoms with Crippen molar-refractivity contribution in [3.8, 4) is 5.75 Å². The molecule has 0 saturated heterocycles. The molecule has 8 N–H and O–H groups in total. The lowest BCUT2D eigenvalue weighted by atomic mass is 10.0. The number of phenols is 1. The van der Waals surface area contributed by atoms with Crippen LogP contribution >= 0.6 is 0 Å². The molecule has 0 aliphatic carbocycles. The van der Waals surface area contributed by atoms with E-state index in [-0.39, 0.29) is 24.0 Å². The normalized spacial score (nSPS) is 12.6. The predicted molar refractivity (Wildman–Crippen MR) is 151 cm³/mol. The van der Waals surface area contributed by atoms with E-state index in [4.69, 9.17) is 0 Å². The van der Waals surface area contributed by atoms with Crippen molar-refractivity contribution in [1.29, 1.82) is 0 Å². The third kappa shape index (κ3) is 10.6. The Labute approximate surface area is 249 Å². The number of benzene rings is 2. The van der Waals surface area contributed by atoms with Crippen LogP contribution in [-0.2, 0) is 30.4 Å². The van der Waals surface area contributed by atoms with Crippen molar-refractivity contribution in [1.82, 2.24) is 16.0 Å². The molecule has 0 unspecified atom stereocenters. The summed E-state index contributed by atoms with van der Waals surface area (Å²) in [6, 6.07) is 4.76. The third-order valence-corrected chi connectivity index (χ3v) is 6.30. The van der Waals surface area contributed by atoms with E-state index in [1.54, 1.807) is 19.2 Å². The average molecular weight is 618 g/mol. The second-order valence-electron chi connectivity index (χ2n) is 9.47. The summed E-state index contributed by atoms with van der Waals surface area (Å²) in [4.78, 5) is 82.3. The van der Waals surface area contributed by atoms with E-state index in [1.807, 2.05) is 0 Å². The van der Waals surface area contributed by atoms with Gasteiger partial charge in [0.1, 0.15) is 18.1 Å². The zero-order valence-electron chi connectivity index (χ0n) is 23.3. The van der Waals surface area contributed by atoms with Crippen LogP contribution in [0.25, 0.3) is 0 Å². The lowest BCUT2D eigenvalue weighted by Crippen LogP contribution is -2.45. The number of amides is 3. The minimum atomic E-state index is -1.58. The van der Waals surface area contributed by atoms with Gasteiger partial charge < -0.3 is 41.7 Å². The van der Waals surface area contributed by atoms with Crippen LogP contribution in [-0.4, -0.2) is 86.2 Å². The monoisotopic (exact) mass is 617 g/mol. The number of nitrogens with zero attached hydrogens (tertiary/aromatic N) is 1. The summed E-state index contributed by atoms with van der Waals surface area (Å²) in [5, 5.41) is 58.5. The summed E-state index contributed by atoms with van der Waals surface area (Å²) in [5.74, 6) is -7.48. The van der Waals surface area contributed by atoms with Gasteiger partial charge in [-0.25, -0.2) is 14.4 Å². The molecule has 3 amide bonds. The zero-order valence-corrected chi connectivity index (χ0v) is 23.3. The predicted octanol–water partition coefficient (Wildman–Crippen LogP) is 0.467. The number of nitrogens with one attached hydrogen (secondary N) is 4. The van der Waals surface area contributed by atoms with Crippen molar-refractivity contribution >= 4 is 47.0 Å². The summed E-state index contributed by atoms with van der Waals surface area (Å²) in [7, 11) is 1.68. The SMILES string of the molecule is CNc1ccc(C(=O)N[C@@H](CCC(=O)N[C@@H](CCC(=O)N[C@@H](Cc2ccc(O)c([N+](=O)[O-])c2)C(=O)O)C(=O)O)C(=O)O)cc1. The van der Waals surface area contributed by atoms with Gasteiger partial charge >= 0.3 is 23.6 Å². The van der Waals surface area contributed by atoms with Crippen molar-refractivity contribution in [2.45, 2.75) is 50.2 Å². The van der Waals surface area contributed by atoms with Crippen molar-refractivity contribution in [2.75, 3.05) is 12.4 Å². The number of carbonyl (C=O) groups is 6. The number of nitro benzene ring substituents is 1. The Hall–Kier alpha value is -5.74. The number of nitro groups is 1. The Bertz CT molecular complexity index is 1410. The van der Waals surface area contributed by atoms with Crippen molar-refractivity contribution in [2.24, 2.45) is 0 Å². The highest BCUT2D eigenvalue weighted by molar-refractivity contribution is 5.97. The minimum Gasteiger partial charge on any atom is -0.502 e. The van der Waals surface area contributed by atoms with Gasteiger partial charge in [0.05, 0.1) is 4.92 Å². The maximum atomic E-state index is 12.4. The maximum absolute atomic E-state index is 12.4. The van der Waals surface area contributed by atoms with Crippen LogP contribution in [0.4, 0.5) is 11.4 Å². The van der Waals surface area contributed by atoms with E-state index in [0.29, 0.717) is 0 Å². The molecule has 0 fully saturated rings. The fourth-order valence-electron chi connectivity index (χ4n) is 3.91. The molecule has 0 aliphatic rings. The van der Waals surface area contributed by atoms with Crippen LogP contribution in [0.15, 0.2) is 42.5 Å². The lowest BCUT2D eigenvalue weighted by Gasteiger charge is -2.18. The molecule has 236 valence electrons. The fraction of sp³-hybridized carbons (Fsp3) is 0.333. The standard InChI is InChI=1S/C27H31N5O12/c1-28-16-5-3-15(4-6-16)24(36)31-18(26(39)40)8-11-22(34)29-17(25(37)38)7-10-23(35)30-19(27(41)42)12-14-2-9-21(33)20(13-14)32(43)44/h2-6,9,13,17-19,28,33H,7-8,10-12H2,1H3,(H,29,34)(H,30,35)(H,31,36)(H,37,38)(H,39,40)(H,41,42)/t17-,18-,19-/m0/s1. The van der Waals surface area contributed by atoms with Crippen LogP contribution in [0, 0.1) is 10.1 Å². The van der Waals surface area contributed by atoms with Crippen LogP contribution in [0.2, 0.25) is 0 Å². The topological polar surface area (TPSA) is 275 Å². The number of phenolic OH excluding ortho intramolecular Hbond substituents is 1. The van der Waals surface area contributed by atoms with E-state index < -0.39 is 89.4 Å². The summed E-state index contributed by atoms with van der Waals surface area (Å²) in [6.07, 6.45) is -2.22. The van der Waals surface area contributed by atoms with Crippen LogP contribution in [0.1, 0.15) is 41.6 Å². The maximum Gasteiger partial charge on any atom is 0.326 e. The largest absolute Gasteiger partial charge is 0.502 e. The molecule has 0 aliphatic heterocycles. The van der Waals surface area contributed by atoms with E-state index >= 15 is 0 Å². The quantitative estimate of drug-likeness (QED) is 0.0886. The molecule has 0 saturated carbocycles. The number of aliphatic carboxylic acids is 3. The summed E-state index contributed by atoms with van der Waals surface area (Å²) >= 11 is 0. The Morgan fingerprint density at radius 2 is 1.27 bits per heavy atom. The molecular weight excluding hydrogens is 586 g/mol. The number of hydrogen-bond acceptors (Lipinski definition) is 10. The molecule has 0 aromatic heterocycles. The Kier molecular flexibility index (Phi) is 12.6. The molecule has 44 heavy (non-hydrogen) atoms. The van der Waals surface area contributed by atoms with Gasteiger partial charge in [0, 0.05) is 43.6 Å². The number of anilines is 1. The molecule has 17 heteroatoms. The first-order valence-corrected chi connectivity index (χ1v) is 13.0. The van der Waals surface area contributed by atoms with Crippen LogP contribution < -0.4 is 21.3 Å². The lowest BCUT2D eigenvalue weighted by molar-refractivity contribution is -0.385. The molecule has 3 atom stereocenters. The molecule has 0 spiro atoms. The highest BCUT2D eigenvalue weighted by atomic mass is 16.6. The highest BCUT2D eigenvalue weighted by Gasteiger charge is 2.27. The number of rotatable bonds is 17. The van der Waals surface area contributed by atoms with Gasteiger partial charge in [-0.2, -0.15) is 0 Å². The van der Waals surface area contributed by atoms with Crippen molar-refractivity contribution < 1.29 is 54.1 Å². The second kappa shape index (κ2) is 16.0. The van der Waals surface area contributed by atoms with Gasteiger partial charge in [0.25, 0.3) is 5.91 Å². The molecule has 2 aromatic carbocycles. The average Bonchev–Trinajstić information content (AvgIpc) is 2.97. The summed E-state index contributed by atoms with van der Waals surface area (Å²) < 4.78 is 0. The Balaban J connectivity index is 1.92. The molecule has 17 nitrogen and oxygen atoms in total. The van der Waals surface area contributed by atoms with E-state index in [1.165, 1.54) is 18.2 Å². The van der Waals surface area contributed by atoms with Crippen molar-refractivity contribution in [3.05, 3.63) is 63.7 Å². The molecule has 0 bridgehead atoms. The smallest absolute Gasteiger partial charge is 0.326 e. The number of carbonyl (C=O) groups excluding carboxylic acids is 3. The number of carboxylic acid groups (broad SMARTS) is 3. The molecule has 2 aromatic rings. The molecule has 0 heterocycles. The van der Waals surface area contributed by atoms with Gasteiger partial charge in [0.15, 0.2) is 5.75 Å². The number of hydrogen-bond donors (Lipinski definition) is 8. The summed E-state index contributed by atoms with van der Waals surface area (Å²) in [5.41, 5.74) is 0.371. The minimum absolute atomic E-state index is 0.125. The van der Waals surface area contributed by atoms with Gasteiger partial charge in [0.2, 0.25) is 11.8 Å². The van der Waals surface area contributed by atoms with E-state index in [9.17, 15) is 59.3 Å². The Morgan fingerprint density at radius 1 is 0.773 bits per heavy atom. The fourth-order valence-corrected chi connectivity index (χ4v) is 3.91. The van der Waals surface area contributed by atoms with Gasteiger partial charge in [-0.05, 0) is 48.7 Å².